The molecule has 3 aromatic rings. The van der Waals surface area contributed by atoms with Crippen LogP contribution in [0.3, 0.4) is 0 Å². The topological polar surface area (TPSA) is 108 Å². The molecule has 0 bridgehead atoms. The van der Waals surface area contributed by atoms with E-state index in [1.54, 1.807) is 20.8 Å². The maximum Gasteiger partial charge on any atom is 0.408 e. The van der Waals surface area contributed by atoms with Gasteiger partial charge in [-0.1, -0.05) is 62.4 Å². The summed E-state index contributed by atoms with van der Waals surface area (Å²) in [5, 5.41) is 17.8. The number of aliphatic hydroxyl groups excluding tert-OH is 1. The zero-order valence-electron chi connectivity index (χ0n) is 25.2. The van der Waals surface area contributed by atoms with Crippen LogP contribution in [0.25, 0.3) is 10.8 Å². The molecule has 3 rings (SSSR count). The first-order valence-corrected chi connectivity index (χ1v) is 14.1. The average Bonchev–Trinajstić information content (AvgIpc) is 2.88. The zero-order chi connectivity index (χ0) is 30.3. The van der Waals surface area contributed by atoms with Gasteiger partial charge >= 0.3 is 6.09 Å². The second-order valence-corrected chi connectivity index (χ2v) is 11.8. The lowest BCUT2D eigenvalue weighted by atomic mass is 9.94. The molecule has 0 aliphatic carbocycles. The molecule has 0 aromatic heterocycles. The number of rotatable bonds is 10. The zero-order valence-corrected chi connectivity index (χ0v) is 25.2. The number of fused-ring (bicyclic) bond motifs is 1. The van der Waals surface area contributed by atoms with Crippen molar-refractivity contribution in [1.29, 1.82) is 0 Å². The third-order valence-electron chi connectivity index (χ3n) is 6.84. The van der Waals surface area contributed by atoms with Gasteiger partial charge in [0.05, 0.1) is 6.61 Å². The number of carbonyl (C=O) groups excluding carboxylic acids is 3. The third-order valence-corrected chi connectivity index (χ3v) is 6.84. The molecule has 8 heteroatoms. The van der Waals surface area contributed by atoms with Gasteiger partial charge in [0.25, 0.3) is 5.91 Å². The van der Waals surface area contributed by atoms with E-state index in [4.69, 9.17) is 4.74 Å². The summed E-state index contributed by atoms with van der Waals surface area (Å²) in [6.45, 7) is 12.5. The Kier molecular flexibility index (Phi) is 10.5. The molecule has 0 fully saturated rings. The van der Waals surface area contributed by atoms with Gasteiger partial charge in [-0.2, -0.15) is 0 Å². The Morgan fingerprint density at radius 2 is 1.63 bits per heavy atom. The number of nitrogens with one attached hydrogen (secondary N) is 2. The Labute approximate surface area is 243 Å². The van der Waals surface area contributed by atoms with Crippen LogP contribution in [0.2, 0.25) is 0 Å². The fraction of sp³-hybridized carbons (Fsp3) is 0.424. The van der Waals surface area contributed by atoms with E-state index in [1.165, 1.54) is 4.90 Å². The van der Waals surface area contributed by atoms with E-state index in [9.17, 15) is 19.5 Å². The molecule has 0 saturated heterocycles. The summed E-state index contributed by atoms with van der Waals surface area (Å²) in [6, 6.07) is 17.1. The van der Waals surface area contributed by atoms with E-state index in [2.05, 4.69) is 10.6 Å². The highest BCUT2D eigenvalue weighted by Gasteiger charge is 2.37. The summed E-state index contributed by atoms with van der Waals surface area (Å²) >= 11 is 0. The van der Waals surface area contributed by atoms with Gasteiger partial charge < -0.3 is 25.4 Å². The van der Waals surface area contributed by atoms with Crippen molar-refractivity contribution in [3.8, 4) is 0 Å². The molecule has 0 aliphatic heterocycles. The van der Waals surface area contributed by atoms with Crippen LogP contribution in [-0.2, 0) is 14.3 Å². The first kappa shape index (κ1) is 31.6. The normalized spacial score (nSPS) is 13.0. The number of benzene rings is 3. The number of nitrogens with zero attached hydrogens (tertiary/aromatic N) is 1. The van der Waals surface area contributed by atoms with Gasteiger partial charge in [0, 0.05) is 12.2 Å². The molecule has 0 aliphatic rings. The van der Waals surface area contributed by atoms with Crippen LogP contribution >= 0.6 is 0 Å². The predicted octanol–water partition coefficient (Wildman–Crippen LogP) is 5.90. The minimum atomic E-state index is -1.06. The number of aryl methyl sites for hydroxylation is 1. The van der Waals surface area contributed by atoms with Crippen LogP contribution in [0.5, 0.6) is 0 Å². The molecule has 0 saturated carbocycles. The molecule has 0 heterocycles. The number of aliphatic hydroxyl groups is 1. The van der Waals surface area contributed by atoms with Crippen molar-refractivity contribution >= 4 is 34.4 Å². The highest BCUT2D eigenvalue weighted by molar-refractivity contribution is 6.00. The number of hydrogen-bond acceptors (Lipinski definition) is 5. The summed E-state index contributed by atoms with van der Waals surface area (Å²) in [5.74, 6) is -0.838. The Balaban J connectivity index is 2.04. The molecule has 41 heavy (non-hydrogen) atoms. The van der Waals surface area contributed by atoms with Gasteiger partial charge in [-0.3, -0.25) is 9.59 Å². The third kappa shape index (κ3) is 8.54. The van der Waals surface area contributed by atoms with Crippen LogP contribution in [0, 0.1) is 19.8 Å². The number of amides is 3. The van der Waals surface area contributed by atoms with Crippen molar-refractivity contribution in [2.24, 2.45) is 5.92 Å². The first-order chi connectivity index (χ1) is 19.3. The molecule has 2 unspecified atom stereocenters. The van der Waals surface area contributed by atoms with Gasteiger partial charge in [-0.25, -0.2) is 4.79 Å². The van der Waals surface area contributed by atoms with Gasteiger partial charge in [0.15, 0.2) is 0 Å². The Morgan fingerprint density at radius 3 is 2.27 bits per heavy atom. The van der Waals surface area contributed by atoms with Crippen LogP contribution in [0.15, 0.2) is 60.7 Å². The van der Waals surface area contributed by atoms with E-state index < -0.39 is 35.6 Å². The van der Waals surface area contributed by atoms with Gasteiger partial charge in [-0.05, 0) is 86.6 Å². The van der Waals surface area contributed by atoms with E-state index in [0.717, 1.165) is 21.9 Å². The van der Waals surface area contributed by atoms with Crippen LogP contribution < -0.4 is 10.6 Å². The minimum absolute atomic E-state index is 0.0560. The highest BCUT2D eigenvalue weighted by atomic mass is 16.6. The standard InChI is InChI=1S/C33H43N3O5/c1-21(2)19-28(35-32(40)41-33(5,6)7)31(39)36(17-18-37)29(27-14-10-11-22(3)23(27)4)30(38)34-26-16-15-24-12-8-9-13-25(24)20-26/h8-16,20-21,28-29,37H,17-19H2,1-7H3,(H,34,38)(H,35,40). The molecule has 3 aromatic carbocycles. The lowest BCUT2D eigenvalue weighted by Gasteiger charge is -2.35. The summed E-state index contributed by atoms with van der Waals surface area (Å²) in [4.78, 5) is 42.4. The predicted molar refractivity (Wildman–Crippen MR) is 163 cm³/mol. The smallest absolute Gasteiger partial charge is 0.408 e. The fourth-order valence-electron chi connectivity index (χ4n) is 4.82. The van der Waals surface area contributed by atoms with Gasteiger partial charge in [0.1, 0.15) is 17.7 Å². The van der Waals surface area contributed by atoms with E-state index >= 15 is 0 Å². The number of ether oxygens (including phenoxy) is 1. The van der Waals surface area contributed by atoms with Crippen molar-refractivity contribution in [2.45, 2.75) is 72.6 Å². The minimum Gasteiger partial charge on any atom is -0.444 e. The van der Waals surface area contributed by atoms with Crippen LogP contribution in [0.1, 0.15) is 63.8 Å². The second-order valence-electron chi connectivity index (χ2n) is 11.8. The van der Waals surface area contributed by atoms with Crippen molar-refractivity contribution in [3.63, 3.8) is 0 Å². The quantitative estimate of drug-likeness (QED) is 0.286. The first-order valence-electron chi connectivity index (χ1n) is 14.1. The molecule has 0 spiro atoms. The van der Waals surface area contributed by atoms with Crippen molar-refractivity contribution in [3.05, 3.63) is 77.4 Å². The number of alkyl carbamates (subject to hydrolysis) is 1. The molecule has 2 atom stereocenters. The summed E-state index contributed by atoms with van der Waals surface area (Å²) in [7, 11) is 0. The molecule has 0 radical (unpaired) electrons. The number of anilines is 1. The van der Waals surface area contributed by atoms with Crippen LogP contribution in [-0.4, -0.2) is 52.7 Å². The molecule has 8 nitrogen and oxygen atoms in total. The van der Waals surface area contributed by atoms with Crippen molar-refractivity contribution in [2.75, 3.05) is 18.5 Å². The Morgan fingerprint density at radius 1 is 0.951 bits per heavy atom. The van der Waals surface area contributed by atoms with E-state index in [-0.39, 0.29) is 19.1 Å². The molecule has 3 N–H and O–H groups in total. The van der Waals surface area contributed by atoms with Gasteiger partial charge in [-0.15, -0.1) is 0 Å². The summed E-state index contributed by atoms with van der Waals surface area (Å²) in [6.07, 6.45) is -0.393. The average molecular weight is 562 g/mol. The highest BCUT2D eigenvalue weighted by Crippen LogP contribution is 2.29. The molecule has 220 valence electrons. The largest absolute Gasteiger partial charge is 0.444 e. The fourth-order valence-corrected chi connectivity index (χ4v) is 4.82. The van der Waals surface area contributed by atoms with E-state index in [0.29, 0.717) is 17.7 Å². The summed E-state index contributed by atoms with van der Waals surface area (Å²) in [5.41, 5.74) is 2.31. The maximum atomic E-state index is 14.2. The molecular formula is C33H43N3O5. The second kappa shape index (κ2) is 13.6. The van der Waals surface area contributed by atoms with E-state index in [1.807, 2.05) is 88.4 Å². The monoisotopic (exact) mass is 561 g/mol. The SMILES string of the molecule is Cc1cccc(C(C(=O)Nc2ccc3ccccc3c2)N(CCO)C(=O)C(CC(C)C)NC(=O)OC(C)(C)C)c1C. The van der Waals surface area contributed by atoms with Crippen LogP contribution in [0.4, 0.5) is 10.5 Å². The van der Waals surface area contributed by atoms with Crippen molar-refractivity contribution in [1.82, 2.24) is 10.2 Å². The molecule has 3 amide bonds. The number of carbonyl (C=O) groups is 3. The molecular weight excluding hydrogens is 518 g/mol. The summed E-state index contributed by atoms with van der Waals surface area (Å²) < 4.78 is 5.43. The maximum absolute atomic E-state index is 14.2. The number of hydrogen-bond donors (Lipinski definition) is 3. The lowest BCUT2D eigenvalue weighted by molar-refractivity contribution is -0.141. The van der Waals surface area contributed by atoms with Gasteiger partial charge in [0.2, 0.25) is 5.91 Å². The Bertz CT molecular complexity index is 1380. The lowest BCUT2D eigenvalue weighted by Crippen LogP contribution is -2.53. The van der Waals surface area contributed by atoms with Crippen molar-refractivity contribution < 1.29 is 24.2 Å². The Hall–Kier alpha value is -3.91.